The Labute approximate surface area is 222 Å². The number of aromatic nitrogens is 1. The van der Waals surface area contributed by atoms with Gasteiger partial charge in [0.05, 0.1) is 29.6 Å². The van der Waals surface area contributed by atoms with Crippen LogP contribution in [-0.2, 0) is 9.59 Å². The second kappa shape index (κ2) is 10.6. The van der Waals surface area contributed by atoms with Gasteiger partial charge in [-0.05, 0) is 59.9 Å². The number of aliphatic carboxylic acids is 1. The molecule has 7 heteroatoms. The molecular weight excluding hydrogens is 495 g/mol. The van der Waals surface area contributed by atoms with Gasteiger partial charge >= 0.3 is 5.97 Å². The van der Waals surface area contributed by atoms with E-state index in [1.807, 2.05) is 71.6 Å². The summed E-state index contributed by atoms with van der Waals surface area (Å²) in [6.45, 7) is 5.88. The topological polar surface area (TPSA) is 70.5 Å². The molecule has 1 aliphatic heterocycles. The summed E-state index contributed by atoms with van der Waals surface area (Å²) < 4.78 is 0. The predicted molar refractivity (Wildman–Crippen MR) is 142 cm³/mol. The standard InChI is InChI=1S/C29H30Cl2N2O3/c1-18(2)26(24-9-4-5-14-32-24)33-27(19-10-12-21(30)13-11-19)23(20-7-6-8-22(31)15-20)16-29(3,28(33)36)17-25(34)35/h4-15,18,23,26-27H,16-17H2,1-3H3,(H,34,35)/t23-,26-,27?,29-/m1/s1. The van der Waals surface area contributed by atoms with E-state index in [1.54, 1.807) is 13.1 Å². The highest BCUT2D eigenvalue weighted by Crippen LogP contribution is 2.54. The normalized spacial score (nSPS) is 23.1. The Morgan fingerprint density at radius 2 is 1.78 bits per heavy atom. The average Bonchev–Trinajstić information content (AvgIpc) is 2.83. The Hall–Kier alpha value is -2.89. The van der Waals surface area contributed by atoms with E-state index in [-0.39, 0.29) is 36.2 Å². The lowest BCUT2D eigenvalue weighted by Crippen LogP contribution is -2.54. The van der Waals surface area contributed by atoms with Gasteiger partial charge in [-0.15, -0.1) is 0 Å². The molecule has 1 fully saturated rings. The minimum atomic E-state index is -1.11. The van der Waals surface area contributed by atoms with Gasteiger partial charge in [0.2, 0.25) is 5.91 Å². The smallest absolute Gasteiger partial charge is 0.304 e. The Kier molecular flexibility index (Phi) is 7.72. The number of piperidine rings is 1. The largest absolute Gasteiger partial charge is 0.481 e. The number of carbonyl (C=O) groups excluding carboxylic acids is 1. The zero-order chi connectivity index (χ0) is 26.0. The third kappa shape index (κ3) is 5.28. The van der Waals surface area contributed by atoms with Crippen molar-refractivity contribution in [2.24, 2.45) is 11.3 Å². The molecule has 3 aromatic rings. The van der Waals surface area contributed by atoms with Crippen LogP contribution < -0.4 is 0 Å². The molecule has 1 saturated heterocycles. The van der Waals surface area contributed by atoms with E-state index in [0.29, 0.717) is 16.5 Å². The van der Waals surface area contributed by atoms with E-state index in [4.69, 9.17) is 23.2 Å². The number of amides is 1. The van der Waals surface area contributed by atoms with E-state index in [0.717, 1.165) is 16.8 Å². The van der Waals surface area contributed by atoms with Gasteiger partial charge in [0.1, 0.15) is 0 Å². The van der Waals surface area contributed by atoms with Crippen LogP contribution in [0.4, 0.5) is 0 Å². The van der Waals surface area contributed by atoms with Crippen molar-refractivity contribution >= 4 is 35.1 Å². The molecule has 188 valence electrons. The zero-order valence-corrected chi connectivity index (χ0v) is 22.1. The van der Waals surface area contributed by atoms with Crippen molar-refractivity contribution in [2.75, 3.05) is 0 Å². The fraction of sp³-hybridized carbons (Fsp3) is 0.345. The molecular formula is C29H30Cl2N2O3. The Morgan fingerprint density at radius 1 is 1.06 bits per heavy atom. The second-order valence-corrected chi connectivity index (χ2v) is 11.0. The van der Waals surface area contributed by atoms with Crippen molar-refractivity contribution in [3.8, 4) is 0 Å². The Morgan fingerprint density at radius 3 is 2.36 bits per heavy atom. The van der Waals surface area contributed by atoms with Crippen LogP contribution in [0.1, 0.15) is 68.4 Å². The maximum atomic E-state index is 14.4. The molecule has 1 aromatic heterocycles. The maximum Gasteiger partial charge on any atom is 0.304 e. The number of hydrogen-bond donors (Lipinski definition) is 1. The first-order valence-electron chi connectivity index (χ1n) is 12.1. The second-order valence-electron chi connectivity index (χ2n) is 10.1. The molecule has 2 heterocycles. The van der Waals surface area contributed by atoms with E-state index >= 15 is 0 Å². The summed E-state index contributed by atoms with van der Waals surface area (Å²) in [4.78, 5) is 32.8. The van der Waals surface area contributed by atoms with Crippen LogP contribution in [0, 0.1) is 11.3 Å². The first kappa shape index (κ1) is 26.2. The number of carboxylic acids is 1. The molecule has 0 radical (unpaired) electrons. The van der Waals surface area contributed by atoms with Crippen molar-refractivity contribution in [1.82, 2.24) is 9.88 Å². The van der Waals surface area contributed by atoms with E-state index < -0.39 is 11.4 Å². The zero-order valence-electron chi connectivity index (χ0n) is 20.6. The van der Waals surface area contributed by atoms with E-state index in [1.165, 1.54) is 0 Å². The van der Waals surface area contributed by atoms with Crippen molar-refractivity contribution in [3.63, 3.8) is 0 Å². The third-order valence-corrected chi connectivity index (χ3v) is 7.54. The number of hydrogen-bond acceptors (Lipinski definition) is 3. The summed E-state index contributed by atoms with van der Waals surface area (Å²) in [5.41, 5.74) is 1.55. The molecule has 4 rings (SSSR count). The molecule has 1 aliphatic rings. The summed E-state index contributed by atoms with van der Waals surface area (Å²) in [7, 11) is 0. The lowest BCUT2D eigenvalue weighted by atomic mass is 9.66. The number of carbonyl (C=O) groups is 2. The number of rotatable bonds is 7. The SMILES string of the molecule is CC(C)[C@H](c1ccccn1)N1C(=O)[C@@](C)(CC(=O)O)C[C@H](c2cccc(Cl)c2)C1c1ccc(Cl)cc1. The highest BCUT2D eigenvalue weighted by atomic mass is 35.5. The van der Waals surface area contributed by atoms with Gasteiger partial charge in [-0.3, -0.25) is 14.6 Å². The molecule has 1 unspecified atom stereocenters. The summed E-state index contributed by atoms with van der Waals surface area (Å²) in [5.74, 6) is -1.37. The Balaban J connectivity index is 1.98. The van der Waals surface area contributed by atoms with Crippen LogP contribution in [0.2, 0.25) is 10.0 Å². The number of benzene rings is 2. The third-order valence-electron chi connectivity index (χ3n) is 7.05. The van der Waals surface area contributed by atoms with Crippen molar-refractivity contribution in [2.45, 2.75) is 51.6 Å². The van der Waals surface area contributed by atoms with Crippen molar-refractivity contribution < 1.29 is 14.7 Å². The molecule has 5 nitrogen and oxygen atoms in total. The highest BCUT2D eigenvalue weighted by molar-refractivity contribution is 6.30. The van der Waals surface area contributed by atoms with Crippen LogP contribution in [0.3, 0.4) is 0 Å². The summed E-state index contributed by atoms with van der Waals surface area (Å²) in [6.07, 6.45) is 1.83. The van der Waals surface area contributed by atoms with Gasteiger partial charge in [0, 0.05) is 22.2 Å². The fourth-order valence-corrected chi connectivity index (χ4v) is 5.87. The summed E-state index contributed by atoms with van der Waals surface area (Å²) in [6, 6.07) is 20.1. The van der Waals surface area contributed by atoms with E-state index in [9.17, 15) is 14.7 Å². The molecule has 0 saturated carbocycles. The number of pyridine rings is 1. The van der Waals surface area contributed by atoms with Crippen LogP contribution >= 0.6 is 23.2 Å². The van der Waals surface area contributed by atoms with Crippen LogP contribution in [0.5, 0.6) is 0 Å². The first-order valence-corrected chi connectivity index (χ1v) is 12.8. The summed E-state index contributed by atoms with van der Waals surface area (Å²) in [5, 5.41) is 11.0. The van der Waals surface area contributed by atoms with Gasteiger partial charge in [-0.2, -0.15) is 0 Å². The highest BCUT2D eigenvalue weighted by Gasteiger charge is 2.53. The average molecular weight is 525 g/mol. The van der Waals surface area contributed by atoms with Crippen molar-refractivity contribution in [3.05, 3.63) is 99.8 Å². The molecule has 4 atom stereocenters. The summed E-state index contributed by atoms with van der Waals surface area (Å²) >= 11 is 12.6. The number of halogens is 2. The Bertz CT molecular complexity index is 1230. The van der Waals surface area contributed by atoms with Crippen LogP contribution in [0.15, 0.2) is 72.9 Å². The molecule has 0 spiro atoms. The van der Waals surface area contributed by atoms with Gasteiger partial charge in [-0.1, -0.05) is 74.3 Å². The maximum absolute atomic E-state index is 14.4. The van der Waals surface area contributed by atoms with Gasteiger partial charge in [-0.25, -0.2) is 0 Å². The molecule has 0 bridgehead atoms. The lowest BCUT2D eigenvalue weighted by Gasteiger charge is -2.52. The van der Waals surface area contributed by atoms with Gasteiger partial charge in [0.15, 0.2) is 0 Å². The minimum absolute atomic E-state index is 0.0193. The lowest BCUT2D eigenvalue weighted by molar-refractivity contribution is -0.162. The van der Waals surface area contributed by atoms with Crippen LogP contribution in [0.25, 0.3) is 0 Å². The van der Waals surface area contributed by atoms with Gasteiger partial charge in [0.25, 0.3) is 0 Å². The number of likely N-dealkylation sites (tertiary alicyclic amines) is 1. The van der Waals surface area contributed by atoms with Gasteiger partial charge < -0.3 is 10.0 Å². The molecule has 2 aromatic carbocycles. The first-order chi connectivity index (χ1) is 17.1. The quantitative estimate of drug-likeness (QED) is 0.351. The molecule has 36 heavy (non-hydrogen) atoms. The fourth-order valence-electron chi connectivity index (χ4n) is 5.54. The number of nitrogens with zero attached hydrogens (tertiary/aromatic N) is 2. The molecule has 1 N–H and O–H groups in total. The van der Waals surface area contributed by atoms with Crippen LogP contribution in [-0.4, -0.2) is 26.9 Å². The van der Waals surface area contributed by atoms with E-state index in [2.05, 4.69) is 18.8 Å². The molecule has 1 amide bonds. The minimum Gasteiger partial charge on any atom is -0.481 e. The molecule has 0 aliphatic carbocycles. The number of carboxylic acid groups (broad SMARTS) is 1. The predicted octanol–water partition coefficient (Wildman–Crippen LogP) is 7.32. The monoisotopic (exact) mass is 524 g/mol. The van der Waals surface area contributed by atoms with Crippen molar-refractivity contribution in [1.29, 1.82) is 0 Å².